The third-order valence-electron chi connectivity index (χ3n) is 5.42. The molecule has 0 unspecified atom stereocenters. The molecule has 7 heteroatoms. The number of hydrogen-bond acceptors (Lipinski definition) is 3. The summed E-state index contributed by atoms with van der Waals surface area (Å²) >= 11 is 5.92. The second-order valence-corrected chi connectivity index (χ2v) is 10.3. The molecule has 0 saturated heterocycles. The van der Waals surface area contributed by atoms with Crippen LogP contribution in [0.1, 0.15) is 16.7 Å². The minimum atomic E-state index is -3.79. The Morgan fingerprint density at radius 2 is 1.59 bits per heavy atom. The highest BCUT2D eigenvalue weighted by molar-refractivity contribution is 7.91. The van der Waals surface area contributed by atoms with Gasteiger partial charge in [-0.1, -0.05) is 47.5 Å². The van der Waals surface area contributed by atoms with Gasteiger partial charge in [0.15, 0.2) is 0 Å². The van der Waals surface area contributed by atoms with E-state index in [1.807, 2.05) is 45.0 Å². The van der Waals surface area contributed by atoms with Crippen LogP contribution in [0, 0.1) is 20.8 Å². The fraction of sp³-hybridized carbons (Fsp3) is 0.160. The summed E-state index contributed by atoms with van der Waals surface area (Å²) in [6.45, 7) is 5.92. The number of halogens is 1. The predicted molar refractivity (Wildman–Crippen MR) is 128 cm³/mol. The maximum Gasteiger partial charge on any atom is 0.244 e. The Morgan fingerprint density at radius 1 is 0.969 bits per heavy atom. The number of nitrogens with zero attached hydrogens (tertiary/aromatic N) is 1. The van der Waals surface area contributed by atoms with E-state index in [-0.39, 0.29) is 22.2 Å². The number of amides is 1. The molecule has 5 nitrogen and oxygen atoms in total. The van der Waals surface area contributed by atoms with E-state index in [0.717, 1.165) is 22.4 Å². The molecule has 32 heavy (non-hydrogen) atoms. The third kappa shape index (κ3) is 4.16. The first-order valence-electron chi connectivity index (χ1n) is 10.1. The van der Waals surface area contributed by atoms with Crippen molar-refractivity contribution in [2.75, 3.05) is 5.32 Å². The number of fused-ring (bicyclic) bond motifs is 1. The number of benzene rings is 3. The molecule has 0 atom stereocenters. The Bertz CT molecular complexity index is 1420. The quantitative estimate of drug-likeness (QED) is 0.410. The van der Waals surface area contributed by atoms with Crippen LogP contribution in [0.25, 0.3) is 10.9 Å². The smallest absolute Gasteiger partial charge is 0.244 e. The summed E-state index contributed by atoms with van der Waals surface area (Å²) in [4.78, 5) is 13.2. The van der Waals surface area contributed by atoms with Crippen LogP contribution < -0.4 is 5.32 Å². The lowest BCUT2D eigenvalue weighted by atomic mass is 10.1. The van der Waals surface area contributed by atoms with Crippen molar-refractivity contribution in [1.29, 1.82) is 0 Å². The zero-order valence-corrected chi connectivity index (χ0v) is 19.6. The van der Waals surface area contributed by atoms with Crippen LogP contribution in [0.15, 0.2) is 76.7 Å². The van der Waals surface area contributed by atoms with Gasteiger partial charge < -0.3 is 9.88 Å². The van der Waals surface area contributed by atoms with E-state index in [2.05, 4.69) is 5.32 Å². The van der Waals surface area contributed by atoms with Crippen LogP contribution in [-0.2, 0) is 21.2 Å². The SMILES string of the molecule is Cc1cc(C)c(NC(=O)Cn2cc(S(=O)(=O)c3ccc(Cl)cc3)c3ccccc32)c(C)c1. The molecule has 0 saturated carbocycles. The van der Waals surface area contributed by atoms with Gasteiger partial charge in [0.2, 0.25) is 15.7 Å². The highest BCUT2D eigenvalue weighted by Crippen LogP contribution is 2.31. The molecule has 0 aliphatic carbocycles. The third-order valence-corrected chi connectivity index (χ3v) is 7.47. The van der Waals surface area contributed by atoms with E-state index >= 15 is 0 Å². The molecule has 3 aromatic carbocycles. The molecule has 0 aliphatic heterocycles. The molecule has 4 aromatic rings. The average molecular weight is 467 g/mol. The summed E-state index contributed by atoms with van der Waals surface area (Å²) in [6, 6.07) is 17.3. The van der Waals surface area contributed by atoms with E-state index in [9.17, 15) is 13.2 Å². The first-order valence-corrected chi connectivity index (χ1v) is 12.0. The summed E-state index contributed by atoms with van der Waals surface area (Å²) in [5.41, 5.74) is 4.56. The van der Waals surface area contributed by atoms with Gasteiger partial charge in [-0.2, -0.15) is 0 Å². The fourth-order valence-corrected chi connectivity index (χ4v) is 5.61. The van der Waals surface area contributed by atoms with Crippen molar-refractivity contribution in [1.82, 2.24) is 4.57 Å². The summed E-state index contributed by atoms with van der Waals surface area (Å²) in [5.74, 6) is -0.226. The molecular formula is C25H23ClN2O3S. The van der Waals surface area contributed by atoms with Crippen molar-refractivity contribution in [2.24, 2.45) is 0 Å². The van der Waals surface area contributed by atoms with Crippen molar-refractivity contribution in [3.63, 3.8) is 0 Å². The molecule has 1 heterocycles. The van der Waals surface area contributed by atoms with Gasteiger partial charge in [-0.3, -0.25) is 4.79 Å². The van der Waals surface area contributed by atoms with Gasteiger partial charge in [0.1, 0.15) is 6.54 Å². The minimum Gasteiger partial charge on any atom is -0.337 e. The van der Waals surface area contributed by atoms with E-state index in [1.54, 1.807) is 28.8 Å². The molecule has 1 amide bonds. The van der Waals surface area contributed by atoms with Gasteiger partial charge in [-0.05, 0) is 62.2 Å². The number of hydrogen-bond donors (Lipinski definition) is 1. The lowest BCUT2D eigenvalue weighted by Crippen LogP contribution is -2.19. The van der Waals surface area contributed by atoms with Crippen LogP contribution >= 0.6 is 11.6 Å². The van der Waals surface area contributed by atoms with E-state index in [0.29, 0.717) is 15.9 Å². The van der Waals surface area contributed by atoms with Gasteiger partial charge in [0, 0.05) is 27.8 Å². The number of sulfone groups is 1. The highest BCUT2D eigenvalue weighted by Gasteiger charge is 2.24. The first-order chi connectivity index (χ1) is 15.2. The Hall–Kier alpha value is -3.09. The second kappa shape index (κ2) is 8.45. The van der Waals surface area contributed by atoms with E-state index < -0.39 is 9.84 Å². The van der Waals surface area contributed by atoms with Crippen molar-refractivity contribution in [2.45, 2.75) is 37.1 Å². The molecule has 0 fully saturated rings. The number of aryl methyl sites for hydroxylation is 3. The maximum absolute atomic E-state index is 13.3. The summed E-state index contributed by atoms with van der Waals surface area (Å²) in [7, 11) is -3.79. The van der Waals surface area contributed by atoms with Crippen LogP contribution in [0.4, 0.5) is 5.69 Å². The molecule has 0 radical (unpaired) electrons. The van der Waals surface area contributed by atoms with Gasteiger partial charge in [-0.15, -0.1) is 0 Å². The monoisotopic (exact) mass is 466 g/mol. The predicted octanol–water partition coefficient (Wildman–Crippen LogP) is 5.69. The zero-order chi connectivity index (χ0) is 23.0. The van der Waals surface area contributed by atoms with Crippen LogP contribution in [0.2, 0.25) is 5.02 Å². The van der Waals surface area contributed by atoms with Crippen LogP contribution in [-0.4, -0.2) is 18.9 Å². The lowest BCUT2D eigenvalue weighted by molar-refractivity contribution is -0.116. The van der Waals surface area contributed by atoms with Crippen molar-refractivity contribution >= 4 is 43.9 Å². The molecule has 4 rings (SSSR count). The summed E-state index contributed by atoms with van der Waals surface area (Å²) in [6.07, 6.45) is 1.53. The Balaban J connectivity index is 1.71. The lowest BCUT2D eigenvalue weighted by Gasteiger charge is -2.13. The molecule has 1 aromatic heterocycles. The van der Waals surface area contributed by atoms with E-state index in [4.69, 9.17) is 11.6 Å². The first kappa shape index (κ1) is 22.1. The minimum absolute atomic E-state index is 0.0105. The summed E-state index contributed by atoms with van der Waals surface area (Å²) in [5, 5.41) is 4.01. The number of para-hydroxylation sites is 1. The molecular weight excluding hydrogens is 444 g/mol. The topological polar surface area (TPSA) is 68.2 Å². The van der Waals surface area contributed by atoms with Crippen molar-refractivity contribution in [3.8, 4) is 0 Å². The number of nitrogens with one attached hydrogen (secondary N) is 1. The Kier molecular flexibility index (Phi) is 5.84. The average Bonchev–Trinajstić information content (AvgIpc) is 3.10. The van der Waals surface area contributed by atoms with E-state index in [1.165, 1.54) is 18.3 Å². The molecule has 0 aliphatic rings. The molecule has 0 bridgehead atoms. The number of rotatable bonds is 5. The number of carbonyl (C=O) groups is 1. The fourth-order valence-electron chi connectivity index (χ4n) is 4.01. The standard InChI is InChI=1S/C25H23ClN2O3S/c1-16-12-17(2)25(18(3)13-16)27-24(29)15-28-14-23(21-6-4-5-7-22(21)28)32(30,31)20-10-8-19(26)9-11-20/h4-14H,15H2,1-3H3,(H,27,29). The molecule has 0 spiro atoms. The van der Waals surface area contributed by atoms with Gasteiger partial charge in [-0.25, -0.2) is 8.42 Å². The Morgan fingerprint density at radius 3 is 2.25 bits per heavy atom. The number of anilines is 1. The van der Waals surface area contributed by atoms with Gasteiger partial charge in [0.05, 0.1) is 9.79 Å². The molecule has 164 valence electrons. The largest absolute Gasteiger partial charge is 0.337 e. The van der Waals surface area contributed by atoms with Gasteiger partial charge >= 0.3 is 0 Å². The number of aromatic nitrogens is 1. The van der Waals surface area contributed by atoms with Crippen molar-refractivity contribution in [3.05, 3.63) is 88.6 Å². The van der Waals surface area contributed by atoms with Crippen molar-refractivity contribution < 1.29 is 13.2 Å². The summed E-state index contributed by atoms with van der Waals surface area (Å²) < 4.78 is 28.3. The maximum atomic E-state index is 13.3. The highest BCUT2D eigenvalue weighted by atomic mass is 35.5. The zero-order valence-electron chi connectivity index (χ0n) is 18.0. The van der Waals surface area contributed by atoms with Crippen LogP contribution in [0.5, 0.6) is 0 Å². The van der Waals surface area contributed by atoms with Gasteiger partial charge in [0.25, 0.3) is 0 Å². The van der Waals surface area contributed by atoms with Crippen LogP contribution in [0.3, 0.4) is 0 Å². The normalized spacial score (nSPS) is 11.6. The second-order valence-electron chi connectivity index (χ2n) is 7.92. The number of carbonyl (C=O) groups excluding carboxylic acids is 1. The Labute approximate surface area is 192 Å². The molecule has 1 N–H and O–H groups in total.